The van der Waals surface area contributed by atoms with E-state index in [1.54, 1.807) is 18.3 Å². The van der Waals surface area contributed by atoms with Crippen molar-refractivity contribution in [3.05, 3.63) is 97.7 Å². The van der Waals surface area contributed by atoms with Crippen molar-refractivity contribution >= 4 is 44.6 Å². The van der Waals surface area contributed by atoms with Crippen molar-refractivity contribution in [1.29, 1.82) is 0 Å². The number of aromatic nitrogens is 1. The van der Waals surface area contributed by atoms with Gasteiger partial charge in [0.25, 0.3) is 5.84 Å². The summed E-state index contributed by atoms with van der Waals surface area (Å²) in [5.41, 5.74) is 9.34. The summed E-state index contributed by atoms with van der Waals surface area (Å²) >= 11 is 3.59. The molecule has 35 heavy (non-hydrogen) atoms. The number of rotatable bonds is 2. The number of hydrogen-bond donors (Lipinski definition) is 5. The van der Waals surface area contributed by atoms with Crippen LogP contribution in [0.3, 0.4) is 0 Å². The van der Waals surface area contributed by atoms with Crippen LogP contribution in [0.5, 0.6) is 5.75 Å². The molecule has 11 heteroatoms. The van der Waals surface area contributed by atoms with Gasteiger partial charge >= 0.3 is 0 Å². The first-order valence-electron chi connectivity index (χ1n) is 10.3. The Morgan fingerprint density at radius 1 is 1.11 bits per heavy atom. The molecule has 4 aromatic rings. The SMILES string of the molecule is CO.O=[N+]([O-])[O-].Oc1ccccc1/C=N/NC1=[NH+]c2ccccc2-c2[nH]c3ccc(Br)cc3c2C1. The predicted molar refractivity (Wildman–Crippen MR) is 138 cm³/mol. The maximum absolute atomic E-state index is 9.92. The highest BCUT2D eigenvalue weighted by molar-refractivity contribution is 9.10. The maximum Gasteiger partial charge on any atom is 0.277 e. The van der Waals surface area contributed by atoms with Crippen LogP contribution in [0.1, 0.15) is 11.1 Å². The molecule has 1 aliphatic heterocycles. The van der Waals surface area contributed by atoms with Gasteiger partial charge in [0.15, 0.2) is 0 Å². The quantitative estimate of drug-likeness (QED) is 0.149. The monoisotopic (exact) mass is 539 g/mol. The highest BCUT2D eigenvalue weighted by atomic mass is 79.9. The second kappa shape index (κ2) is 11.8. The first-order chi connectivity index (χ1) is 16.9. The molecule has 0 amide bonds. The molecule has 1 aromatic heterocycles. The number of hydrazone groups is 1. The fourth-order valence-corrected chi connectivity index (χ4v) is 4.03. The van der Waals surface area contributed by atoms with Crippen molar-refractivity contribution in [2.45, 2.75) is 6.42 Å². The molecule has 2 heterocycles. The van der Waals surface area contributed by atoms with Crippen molar-refractivity contribution in [2.24, 2.45) is 5.10 Å². The minimum Gasteiger partial charge on any atom is -0.507 e. The maximum atomic E-state index is 9.92. The fourth-order valence-electron chi connectivity index (χ4n) is 3.67. The van der Waals surface area contributed by atoms with E-state index in [4.69, 9.17) is 20.4 Å². The third-order valence-electron chi connectivity index (χ3n) is 5.04. The molecule has 0 saturated heterocycles. The van der Waals surface area contributed by atoms with Crippen LogP contribution in [0, 0.1) is 15.3 Å². The van der Waals surface area contributed by atoms with Gasteiger partial charge in [0.05, 0.1) is 23.4 Å². The first-order valence-corrected chi connectivity index (χ1v) is 11.1. The number of amidine groups is 1. The number of halogens is 1. The van der Waals surface area contributed by atoms with E-state index in [2.05, 4.69) is 60.7 Å². The molecule has 1 aliphatic rings. The van der Waals surface area contributed by atoms with Gasteiger partial charge in [-0.3, -0.25) is 0 Å². The largest absolute Gasteiger partial charge is 0.507 e. The van der Waals surface area contributed by atoms with E-state index in [0.717, 1.165) is 39.9 Å². The van der Waals surface area contributed by atoms with Gasteiger partial charge in [-0.2, -0.15) is 5.43 Å². The second-order valence-electron chi connectivity index (χ2n) is 7.15. The summed E-state index contributed by atoms with van der Waals surface area (Å²) in [6.07, 6.45) is 2.28. The number of aromatic hydroxyl groups is 1. The lowest BCUT2D eigenvalue weighted by Gasteiger charge is -2.01. The summed E-state index contributed by atoms with van der Waals surface area (Å²) in [5, 5.41) is 37.2. The third-order valence-corrected chi connectivity index (χ3v) is 5.54. The van der Waals surface area contributed by atoms with E-state index >= 15 is 0 Å². The molecule has 0 radical (unpaired) electrons. The molecular formula is C24H22BrN5O5. The topological polar surface area (TPSA) is 161 Å². The van der Waals surface area contributed by atoms with E-state index in [1.165, 1.54) is 10.9 Å². The number of hydrogen-bond acceptors (Lipinski definition) is 7. The number of nitrogens with one attached hydrogen (secondary N) is 3. The van der Waals surface area contributed by atoms with Gasteiger partial charge < -0.3 is 30.5 Å². The van der Waals surface area contributed by atoms with Crippen LogP contribution in [-0.4, -0.2) is 39.4 Å². The highest BCUT2D eigenvalue weighted by Gasteiger charge is 2.24. The summed E-state index contributed by atoms with van der Waals surface area (Å²) in [4.78, 5) is 15.3. The Bertz CT molecular complexity index is 1400. The third kappa shape index (κ3) is 6.22. The summed E-state index contributed by atoms with van der Waals surface area (Å²) in [6.45, 7) is 0. The van der Waals surface area contributed by atoms with E-state index in [1.807, 2.05) is 30.3 Å². The summed E-state index contributed by atoms with van der Waals surface area (Å²) in [7, 11) is 1.00. The van der Waals surface area contributed by atoms with Gasteiger partial charge in [-0.25, -0.2) is 4.99 Å². The Morgan fingerprint density at radius 3 is 2.54 bits per heavy atom. The van der Waals surface area contributed by atoms with Gasteiger partial charge in [-0.15, -0.1) is 0 Å². The van der Waals surface area contributed by atoms with E-state index in [0.29, 0.717) is 12.0 Å². The Hall–Kier alpha value is -4.22. The minimum absolute atomic E-state index is 0.200. The van der Waals surface area contributed by atoms with E-state index in [-0.39, 0.29) is 5.75 Å². The number of phenols is 1. The molecule has 5 N–H and O–H groups in total. The van der Waals surface area contributed by atoms with E-state index in [9.17, 15) is 5.11 Å². The average Bonchev–Trinajstić information content (AvgIpc) is 3.10. The molecule has 0 unspecified atom stereocenters. The molecule has 0 bridgehead atoms. The van der Waals surface area contributed by atoms with Gasteiger partial charge in [0, 0.05) is 33.6 Å². The summed E-state index contributed by atoms with van der Waals surface area (Å²) in [5.74, 6) is 1.06. The van der Waals surface area contributed by atoms with Gasteiger partial charge in [0.1, 0.15) is 11.4 Å². The number of aromatic amines is 1. The van der Waals surface area contributed by atoms with Crippen LogP contribution in [0.2, 0.25) is 0 Å². The zero-order valence-electron chi connectivity index (χ0n) is 18.5. The normalized spacial score (nSPS) is 11.7. The molecule has 10 nitrogen and oxygen atoms in total. The van der Waals surface area contributed by atoms with Gasteiger partial charge in [0.2, 0.25) is 0 Å². The number of para-hydroxylation sites is 2. The van der Waals surface area contributed by atoms with Crippen molar-refractivity contribution in [1.82, 2.24) is 10.4 Å². The number of aliphatic hydroxyl groups excluding tert-OH is 1. The van der Waals surface area contributed by atoms with Crippen molar-refractivity contribution in [2.75, 3.05) is 7.11 Å². The molecule has 0 saturated carbocycles. The highest BCUT2D eigenvalue weighted by Crippen LogP contribution is 2.35. The average molecular weight is 540 g/mol. The molecule has 0 atom stereocenters. The Balaban J connectivity index is 0.000000521. The predicted octanol–water partition coefficient (Wildman–Crippen LogP) is 2.96. The van der Waals surface area contributed by atoms with E-state index < -0.39 is 5.09 Å². The lowest BCUT2D eigenvalue weighted by molar-refractivity contribution is -0.402. The van der Waals surface area contributed by atoms with Crippen LogP contribution in [0.25, 0.3) is 22.2 Å². The van der Waals surface area contributed by atoms with Crippen LogP contribution >= 0.6 is 15.9 Å². The van der Waals surface area contributed by atoms with Crippen molar-refractivity contribution in [3.63, 3.8) is 0 Å². The number of aliphatic hydroxyl groups is 1. The molecule has 0 spiro atoms. The summed E-state index contributed by atoms with van der Waals surface area (Å²) in [6, 6.07) is 21.6. The fraction of sp³-hybridized carbons (Fsp3) is 0.0833. The second-order valence-corrected chi connectivity index (χ2v) is 8.06. The molecule has 3 aromatic carbocycles. The molecular weight excluding hydrogens is 518 g/mol. The first kappa shape index (κ1) is 25.4. The molecule has 180 valence electrons. The van der Waals surface area contributed by atoms with Crippen molar-refractivity contribution < 1.29 is 20.3 Å². The van der Waals surface area contributed by atoms with Crippen molar-refractivity contribution in [3.8, 4) is 17.0 Å². The molecule has 0 aliphatic carbocycles. The standard InChI is InChI=1S/C23H17BrN4O.CH4O.NO3/c24-15-9-10-20-17(11-15)18-12-22(28-25-13-14-5-1-4-8-21(14)29)26-19-7-3-2-6-16(19)23(18)27-20;1-2;2-1(3)4/h1-11,13,27,29H,12H2,(H,26,28);2H,1H3;/q;;-1/p+1/b25-13+;;. The number of phenolic OH excluding ortho intramolecular Hbond substituents is 1. The van der Waals surface area contributed by atoms with Gasteiger partial charge in [-0.1, -0.05) is 45.3 Å². The van der Waals surface area contributed by atoms with Crippen LogP contribution < -0.4 is 10.4 Å². The number of nitrogens with zero attached hydrogens (tertiary/aromatic N) is 2. The Morgan fingerprint density at radius 2 is 1.80 bits per heavy atom. The lowest BCUT2D eigenvalue weighted by atomic mass is 10.0. The zero-order chi connectivity index (χ0) is 25.4. The Kier molecular flexibility index (Phi) is 8.54. The molecule has 0 fully saturated rings. The Labute approximate surface area is 208 Å². The smallest absolute Gasteiger partial charge is 0.277 e. The number of H-pyrrole nitrogens is 1. The minimum atomic E-state index is -1.75. The van der Waals surface area contributed by atoms with Gasteiger partial charge in [-0.05, 0) is 48.0 Å². The number of fused-ring (bicyclic) bond motifs is 5. The van der Waals surface area contributed by atoms with Crippen LogP contribution in [0.15, 0.2) is 76.3 Å². The zero-order valence-corrected chi connectivity index (χ0v) is 20.1. The molecule has 5 rings (SSSR count). The lowest BCUT2D eigenvalue weighted by Crippen LogP contribution is -2.70. The number of benzene rings is 3. The summed E-state index contributed by atoms with van der Waals surface area (Å²) < 4.78 is 1.05. The van der Waals surface area contributed by atoms with Crippen LogP contribution in [0.4, 0.5) is 5.69 Å². The van der Waals surface area contributed by atoms with Crippen LogP contribution in [-0.2, 0) is 6.42 Å².